The Morgan fingerprint density at radius 2 is 1.52 bits per heavy atom. The Morgan fingerprint density at radius 1 is 0.931 bits per heavy atom. The van der Waals surface area contributed by atoms with Crippen molar-refractivity contribution in [1.29, 1.82) is 0 Å². The highest BCUT2D eigenvalue weighted by Crippen LogP contribution is 2.56. The van der Waals surface area contributed by atoms with Crippen molar-refractivity contribution in [2.45, 2.75) is 26.2 Å². The van der Waals surface area contributed by atoms with Gasteiger partial charge < -0.3 is 4.74 Å². The van der Waals surface area contributed by atoms with Crippen molar-refractivity contribution in [1.82, 2.24) is 0 Å². The van der Waals surface area contributed by atoms with E-state index in [0.29, 0.717) is 28.8 Å². The van der Waals surface area contributed by atoms with Crippen molar-refractivity contribution in [2.75, 3.05) is 11.5 Å². The molecule has 2 aromatic rings. The van der Waals surface area contributed by atoms with E-state index in [9.17, 15) is 14.4 Å². The van der Waals surface area contributed by atoms with Crippen LogP contribution in [0.25, 0.3) is 0 Å². The SMILES string of the molecule is Cc1ccc(C(=O)COc2ccc(N3C(=O)[C@@H]4[C@H]5CC[C@@H](C5)[C@H]4C3=O)cc2)cc1. The molecule has 2 saturated carbocycles. The number of Topliss-reactive ketones (excluding diaryl/α,β-unsaturated/α-hetero) is 1. The third kappa shape index (κ3) is 2.96. The molecule has 1 heterocycles. The fraction of sp³-hybridized carbons (Fsp3) is 0.375. The van der Waals surface area contributed by atoms with E-state index in [1.165, 1.54) is 4.90 Å². The van der Waals surface area contributed by atoms with Crippen LogP contribution >= 0.6 is 0 Å². The van der Waals surface area contributed by atoms with Crippen LogP contribution in [0.2, 0.25) is 0 Å². The van der Waals surface area contributed by atoms with Crippen LogP contribution in [0.4, 0.5) is 5.69 Å². The molecule has 0 spiro atoms. The molecule has 3 fully saturated rings. The summed E-state index contributed by atoms with van der Waals surface area (Å²) in [6, 6.07) is 14.2. The van der Waals surface area contributed by atoms with Gasteiger partial charge in [-0.3, -0.25) is 19.3 Å². The molecule has 148 valence electrons. The van der Waals surface area contributed by atoms with Crippen molar-refractivity contribution >= 4 is 23.3 Å². The van der Waals surface area contributed by atoms with Gasteiger partial charge in [0.1, 0.15) is 5.75 Å². The van der Waals surface area contributed by atoms with Gasteiger partial charge in [-0.25, -0.2) is 0 Å². The molecular formula is C24H23NO4. The Kier molecular flexibility index (Phi) is 4.26. The summed E-state index contributed by atoms with van der Waals surface area (Å²) in [4.78, 5) is 39.4. The summed E-state index contributed by atoms with van der Waals surface area (Å²) >= 11 is 0. The van der Waals surface area contributed by atoms with E-state index in [4.69, 9.17) is 4.74 Å². The third-order valence-corrected chi connectivity index (χ3v) is 6.77. The van der Waals surface area contributed by atoms with E-state index in [-0.39, 0.29) is 36.0 Å². The van der Waals surface area contributed by atoms with Gasteiger partial charge in [0.2, 0.25) is 11.8 Å². The quantitative estimate of drug-likeness (QED) is 0.577. The maximum absolute atomic E-state index is 12.9. The molecule has 0 N–H and O–H groups in total. The Balaban J connectivity index is 1.26. The number of amides is 2. The predicted octanol–water partition coefficient (Wildman–Crippen LogP) is 3.79. The summed E-state index contributed by atoms with van der Waals surface area (Å²) in [5.74, 6) is 0.860. The van der Waals surface area contributed by atoms with Gasteiger partial charge in [0.05, 0.1) is 17.5 Å². The molecule has 1 aliphatic heterocycles. The number of carbonyl (C=O) groups is 3. The lowest BCUT2D eigenvalue weighted by atomic mass is 9.81. The third-order valence-electron chi connectivity index (χ3n) is 6.77. The van der Waals surface area contributed by atoms with E-state index in [1.807, 2.05) is 19.1 Å². The first-order valence-electron chi connectivity index (χ1n) is 10.2. The molecule has 4 atom stereocenters. The van der Waals surface area contributed by atoms with Crippen molar-refractivity contribution in [3.05, 3.63) is 59.7 Å². The first kappa shape index (κ1) is 18.1. The molecule has 1 saturated heterocycles. The molecule has 2 aliphatic carbocycles. The fourth-order valence-corrected chi connectivity index (χ4v) is 5.33. The molecule has 0 radical (unpaired) electrons. The van der Waals surface area contributed by atoms with Crippen molar-refractivity contribution in [2.24, 2.45) is 23.7 Å². The summed E-state index contributed by atoms with van der Waals surface area (Å²) < 4.78 is 5.60. The smallest absolute Gasteiger partial charge is 0.237 e. The summed E-state index contributed by atoms with van der Waals surface area (Å²) in [5.41, 5.74) is 2.30. The minimum atomic E-state index is -0.121. The number of nitrogens with zero attached hydrogens (tertiary/aromatic N) is 1. The Labute approximate surface area is 169 Å². The molecule has 2 aromatic carbocycles. The number of benzene rings is 2. The zero-order chi connectivity index (χ0) is 20.1. The molecule has 5 rings (SSSR count). The number of carbonyl (C=O) groups excluding carboxylic acids is 3. The molecule has 0 aromatic heterocycles. The maximum atomic E-state index is 12.9. The number of anilines is 1. The lowest BCUT2D eigenvalue weighted by molar-refractivity contribution is -0.123. The molecule has 2 bridgehead atoms. The van der Waals surface area contributed by atoms with Crippen LogP contribution in [-0.2, 0) is 9.59 Å². The fourth-order valence-electron chi connectivity index (χ4n) is 5.33. The van der Waals surface area contributed by atoms with E-state index in [1.54, 1.807) is 36.4 Å². The number of rotatable bonds is 5. The minimum absolute atomic E-state index is 0.0459. The molecule has 5 nitrogen and oxygen atoms in total. The summed E-state index contributed by atoms with van der Waals surface area (Å²) in [6.07, 6.45) is 3.17. The number of imide groups is 1. The average molecular weight is 389 g/mol. The second-order valence-electron chi connectivity index (χ2n) is 8.47. The van der Waals surface area contributed by atoms with E-state index in [0.717, 1.165) is 24.8 Å². The van der Waals surface area contributed by atoms with Gasteiger partial charge >= 0.3 is 0 Å². The summed E-state index contributed by atoms with van der Waals surface area (Å²) in [5, 5.41) is 0. The first-order chi connectivity index (χ1) is 14.0. The van der Waals surface area contributed by atoms with Gasteiger partial charge in [-0.1, -0.05) is 29.8 Å². The van der Waals surface area contributed by atoms with Crippen LogP contribution in [-0.4, -0.2) is 24.2 Å². The lowest BCUT2D eigenvalue weighted by Crippen LogP contribution is -2.32. The topological polar surface area (TPSA) is 63.7 Å². The number of hydrogen-bond donors (Lipinski definition) is 0. The van der Waals surface area contributed by atoms with Crippen LogP contribution in [0, 0.1) is 30.6 Å². The second-order valence-corrected chi connectivity index (χ2v) is 8.47. The monoisotopic (exact) mass is 389 g/mol. The standard InChI is InChI=1S/C24H23NO4/c1-14-2-4-15(5-3-14)20(26)13-29-19-10-8-18(9-11-19)25-23(27)21-16-6-7-17(12-16)22(21)24(25)28/h2-5,8-11,16-17,21-22H,6-7,12-13H2,1H3/t16-,17-,21+,22+/m0/s1. The summed E-state index contributed by atoms with van der Waals surface area (Å²) in [7, 11) is 0. The Bertz CT molecular complexity index is 951. The van der Waals surface area contributed by atoms with Gasteiger partial charge in [-0.05, 0) is 62.3 Å². The zero-order valence-corrected chi connectivity index (χ0v) is 16.3. The molecule has 3 aliphatic rings. The predicted molar refractivity (Wildman–Crippen MR) is 108 cm³/mol. The van der Waals surface area contributed by atoms with Crippen molar-refractivity contribution in [3.63, 3.8) is 0 Å². The Hall–Kier alpha value is -2.95. The van der Waals surface area contributed by atoms with Crippen LogP contribution < -0.4 is 9.64 Å². The van der Waals surface area contributed by atoms with Crippen LogP contribution in [0.1, 0.15) is 35.2 Å². The molecule has 2 amide bonds. The maximum Gasteiger partial charge on any atom is 0.237 e. The number of hydrogen-bond acceptors (Lipinski definition) is 4. The van der Waals surface area contributed by atoms with Crippen LogP contribution in [0.15, 0.2) is 48.5 Å². The Morgan fingerprint density at radius 3 is 2.10 bits per heavy atom. The largest absolute Gasteiger partial charge is 0.485 e. The van der Waals surface area contributed by atoms with Gasteiger partial charge in [-0.2, -0.15) is 0 Å². The highest BCUT2D eigenvalue weighted by molar-refractivity contribution is 6.22. The molecular weight excluding hydrogens is 366 g/mol. The lowest BCUT2D eigenvalue weighted by Gasteiger charge is -2.19. The molecule has 29 heavy (non-hydrogen) atoms. The number of ether oxygens (including phenoxy) is 1. The molecule has 0 unspecified atom stereocenters. The van der Waals surface area contributed by atoms with E-state index in [2.05, 4.69) is 0 Å². The van der Waals surface area contributed by atoms with Gasteiger partial charge in [0.15, 0.2) is 12.4 Å². The highest BCUT2D eigenvalue weighted by atomic mass is 16.5. The van der Waals surface area contributed by atoms with Crippen LogP contribution in [0.3, 0.4) is 0 Å². The van der Waals surface area contributed by atoms with E-state index >= 15 is 0 Å². The van der Waals surface area contributed by atoms with E-state index < -0.39 is 0 Å². The average Bonchev–Trinajstić information content (AvgIpc) is 3.41. The number of ketones is 1. The minimum Gasteiger partial charge on any atom is -0.485 e. The highest BCUT2D eigenvalue weighted by Gasteiger charge is 2.61. The second kappa shape index (κ2) is 6.83. The number of aryl methyl sites for hydroxylation is 1. The van der Waals surface area contributed by atoms with Gasteiger partial charge in [-0.15, -0.1) is 0 Å². The first-order valence-corrected chi connectivity index (χ1v) is 10.2. The van der Waals surface area contributed by atoms with Crippen molar-refractivity contribution < 1.29 is 19.1 Å². The van der Waals surface area contributed by atoms with Gasteiger partial charge in [0.25, 0.3) is 0 Å². The summed E-state index contributed by atoms with van der Waals surface area (Å²) in [6.45, 7) is 1.91. The van der Waals surface area contributed by atoms with Gasteiger partial charge in [0, 0.05) is 5.56 Å². The zero-order valence-electron chi connectivity index (χ0n) is 16.3. The normalized spacial score (nSPS) is 27.4. The molecule has 5 heteroatoms. The number of fused-ring (bicyclic) bond motifs is 5. The van der Waals surface area contributed by atoms with Crippen LogP contribution in [0.5, 0.6) is 5.75 Å². The van der Waals surface area contributed by atoms with Crippen molar-refractivity contribution in [3.8, 4) is 5.75 Å².